The predicted octanol–water partition coefficient (Wildman–Crippen LogP) is 0.777. The fraction of sp³-hybridized carbons (Fsp3) is 0.250. The van der Waals surface area contributed by atoms with E-state index in [-0.39, 0.29) is 0 Å². The number of nitrogens with one attached hydrogen (secondary N) is 1. The van der Waals surface area contributed by atoms with Crippen molar-refractivity contribution in [3.8, 4) is 0 Å². The SMILES string of the molecule is NC(=O)c1ccc(NC(=O)N2CSC[C@H]2C(=O)O)cc1. The molecule has 1 aliphatic rings. The molecule has 1 atom stereocenters. The molecule has 0 saturated carbocycles. The lowest BCUT2D eigenvalue weighted by Gasteiger charge is -2.20. The lowest BCUT2D eigenvalue weighted by molar-refractivity contribution is -0.140. The van der Waals surface area contributed by atoms with Crippen LogP contribution < -0.4 is 11.1 Å². The van der Waals surface area contributed by atoms with Crippen LogP contribution in [0.5, 0.6) is 0 Å². The molecule has 7 nitrogen and oxygen atoms in total. The minimum atomic E-state index is -1.02. The van der Waals surface area contributed by atoms with Crippen LogP contribution in [0, 0.1) is 0 Å². The molecule has 106 valence electrons. The fourth-order valence-corrected chi connectivity index (χ4v) is 2.91. The van der Waals surface area contributed by atoms with Gasteiger partial charge >= 0.3 is 12.0 Å². The highest BCUT2D eigenvalue weighted by Crippen LogP contribution is 2.22. The van der Waals surface area contributed by atoms with Crippen molar-refractivity contribution in [2.45, 2.75) is 6.04 Å². The summed E-state index contributed by atoms with van der Waals surface area (Å²) in [6.07, 6.45) is 0. The summed E-state index contributed by atoms with van der Waals surface area (Å²) >= 11 is 1.39. The van der Waals surface area contributed by atoms with E-state index in [1.54, 1.807) is 0 Å². The van der Waals surface area contributed by atoms with Gasteiger partial charge in [-0.2, -0.15) is 0 Å². The van der Waals surface area contributed by atoms with Crippen LogP contribution in [0.4, 0.5) is 10.5 Å². The van der Waals surface area contributed by atoms with Gasteiger partial charge in [0, 0.05) is 17.0 Å². The van der Waals surface area contributed by atoms with E-state index in [0.29, 0.717) is 22.9 Å². The van der Waals surface area contributed by atoms with E-state index in [1.807, 2.05) is 0 Å². The summed E-state index contributed by atoms with van der Waals surface area (Å²) < 4.78 is 0. The van der Waals surface area contributed by atoms with Crippen LogP contribution in [0.3, 0.4) is 0 Å². The molecule has 1 aliphatic heterocycles. The maximum Gasteiger partial charge on any atom is 0.327 e. The second-order valence-electron chi connectivity index (χ2n) is 4.20. The Morgan fingerprint density at radius 2 is 1.95 bits per heavy atom. The Morgan fingerprint density at radius 1 is 1.30 bits per heavy atom. The summed E-state index contributed by atoms with van der Waals surface area (Å²) in [7, 11) is 0. The van der Waals surface area contributed by atoms with E-state index in [1.165, 1.54) is 40.9 Å². The van der Waals surface area contributed by atoms with Crippen LogP contribution in [0.2, 0.25) is 0 Å². The Bertz CT molecular complexity index is 546. The number of hydrogen-bond donors (Lipinski definition) is 3. The number of amides is 3. The Hall–Kier alpha value is -2.22. The molecule has 0 bridgehead atoms. The first-order valence-corrected chi connectivity index (χ1v) is 6.92. The number of carbonyl (C=O) groups excluding carboxylic acids is 2. The van der Waals surface area contributed by atoms with Crippen molar-refractivity contribution in [3.05, 3.63) is 29.8 Å². The lowest BCUT2D eigenvalue weighted by Crippen LogP contribution is -2.43. The van der Waals surface area contributed by atoms with Gasteiger partial charge in [0.1, 0.15) is 6.04 Å². The zero-order chi connectivity index (χ0) is 14.7. The molecule has 0 unspecified atom stereocenters. The van der Waals surface area contributed by atoms with Gasteiger partial charge in [-0.1, -0.05) is 0 Å². The van der Waals surface area contributed by atoms with Crippen LogP contribution in [0.1, 0.15) is 10.4 Å². The minimum absolute atomic E-state index is 0.335. The molecule has 1 aromatic rings. The number of thioether (sulfide) groups is 1. The van der Waals surface area contributed by atoms with Gasteiger partial charge in [-0.25, -0.2) is 9.59 Å². The molecule has 0 spiro atoms. The average molecular weight is 295 g/mol. The molecule has 4 N–H and O–H groups in total. The highest BCUT2D eigenvalue weighted by atomic mass is 32.2. The normalized spacial score (nSPS) is 17.8. The Balaban J connectivity index is 2.04. The van der Waals surface area contributed by atoms with Crippen molar-refractivity contribution in [2.24, 2.45) is 5.73 Å². The molecule has 2 rings (SSSR count). The van der Waals surface area contributed by atoms with Crippen molar-refractivity contribution in [2.75, 3.05) is 16.9 Å². The number of urea groups is 1. The van der Waals surface area contributed by atoms with E-state index in [0.717, 1.165) is 0 Å². The summed E-state index contributed by atoms with van der Waals surface area (Å²) in [6, 6.07) is 4.77. The maximum absolute atomic E-state index is 12.0. The van der Waals surface area contributed by atoms with Gasteiger partial charge in [0.05, 0.1) is 5.88 Å². The summed E-state index contributed by atoms with van der Waals surface area (Å²) in [5.41, 5.74) is 5.92. The number of carboxylic acids is 1. The monoisotopic (exact) mass is 295 g/mol. The number of aliphatic carboxylic acids is 1. The zero-order valence-electron chi connectivity index (χ0n) is 10.4. The molecule has 1 aromatic carbocycles. The van der Waals surface area contributed by atoms with Gasteiger partial charge in [-0.3, -0.25) is 4.79 Å². The molecule has 0 aromatic heterocycles. The molecule has 8 heteroatoms. The zero-order valence-corrected chi connectivity index (χ0v) is 11.2. The van der Waals surface area contributed by atoms with E-state index >= 15 is 0 Å². The molecular weight excluding hydrogens is 282 g/mol. The van der Waals surface area contributed by atoms with Gasteiger partial charge in [-0.05, 0) is 24.3 Å². The molecule has 1 fully saturated rings. The number of carboxylic acid groups (broad SMARTS) is 1. The number of primary amides is 1. The number of benzene rings is 1. The summed E-state index contributed by atoms with van der Waals surface area (Å²) in [4.78, 5) is 35.2. The van der Waals surface area contributed by atoms with E-state index in [2.05, 4.69) is 5.32 Å². The second kappa shape index (κ2) is 5.83. The highest BCUT2D eigenvalue weighted by Gasteiger charge is 2.34. The van der Waals surface area contributed by atoms with Gasteiger partial charge < -0.3 is 21.1 Å². The van der Waals surface area contributed by atoms with Crippen molar-refractivity contribution in [3.63, 3.8) is 0 Å². The first-order valence-electron chi connectivity index (χ1n) is 5.77. The third-order valence-electron chi connectivity index (χ3n) is 2.85. The number of carbonyl (C=O) groups is 3. The fourth-order valence-electron chi connectivity index (χ4n) is 1.76. The van der Waals surface area contributed by atoms with Gasteiger partial charge in [-0.15, -0.1) is 11.8 Å². The van der Waals surface area contributed by atoms with Crippen LogP contribution in [0.25, 0.3) is 0 Å². The van der Waals surface area contributed by atoms with Crippen molar-refractivity contribution >= 4 is 35.4 Å². The van der Waals surface area contributed by atoms with E-state index in [4.69, 9.17) is 10.8 Å². The van der Waals surface area contributed by atoms with Gasteiger partial charge in [0.15, 0.2) is 0 Å². The van der Waals surface area contributed by atoms with Crippen molar-refractivity contribution in [1.82, 2.24) is 4.90 Å². The van der Waals surface area contributed by atoms with Gasteiger partial charge in [0.25, 0.3) is 0 Å². The second-order valence-corrected chi connectivity index (χ2v) is 5.20. The number of hydrogen-bond acceptors (Lipinski definition) is 4. The largest absolute Gasteiger partial charge is 0.480 e. The molecule has 3 amide bonds. The first kappa shape index (κ1) is 14.2. The topological polar surface area (TPSA) is 113 Å². The molecular formula is C12H13N3O4S. The smallest absolute Gasteiger partial charge is 0.327 e. The van der Waals surface area contributed by atoms with Crippen LogP contribution in [-0.4, -0.2) is 45.6 Å². The van der Waals surface area contributed by atoms with E-state index < -0.39 is 23.9 Å². The van der Waals surface area contributed by atoms with Crippen molar-refractivity contribution in [1.29, 1.82) is 0 Å². The Labute approximate surface area is 119 Å². The summed E-state index contributed by atoms with van der Waals surface area (Å²) in [6.45, 7) is 0. The van der Waals surface area contributed by atoms with Crippen LogP contribution >= 0.6 is 11.8 Å². The quantitative estimate of drug-likeness (QED) is 0.762. The third-order valence-corrected chi connectivity index (χ3v) is 3.86. The van der Waals surface area contributed by atoms with Crippen LogP contribution in [0.15, 0.2) is 24.3 Å². The molecule has 1 saturated heterocycles. The van der Waals surface area contributed by atoms with Crippen LogP contribution in [-0.2, 0) is 4.79 Å². The average Bonchev–Trinajstić information content (AvgIpc) is 2.88. The molecule has 1 heterocycles. The summed E-state index contributed by atoms with van der Waals surface area (Å²) in [5, 5.41) is 11.6. The number of nitrogens with two attached hydrogens (primary N) is 1. The van der Waals surface area contributed by atoms with Crippen molar-refractivity contribution < 1.29 is 19.5 Å². The summed E-state index contributed by atoms with van der Waals surface area (Å²) in [5.74, 6) is -0.857. The molecule has 20 heavy (non-hydrogen) atoms. The lowest BCUT2D eigenvalue weighted by atomic mass is 10.2. The molecule has 0 aliphatic carbocycles. The predicted molar refractivity (Wildman–Crippen MR) is 74.6 cm³/mol. The maximum atomic E-state index is 12.0. The first-order chi connectivity index (χ1) is 9.49. The number of rotatable bonds is 3. The highest BCUT2D eigenvalue weighted by molar-refractivity contribution is 7.99. The minimum Gasteiger partial charge on any atom is -0.480 e. The number of anilines is 1. The third kappa shape index (κ3) is 3.02. The number of nitrogens with zero attached hydrogens (tertiary/aromatic N) is 1. The Kier molecular flexibility index (Phi) is 4.14. The van der Waals surface area contributed by atoms with E-state index in [9.17, 15) is 14.4 Å². The molecule has 0 radical (unpaired) electrons. The van der Waals surface area contributed by atoms with Gasteiger partial charge in [0.2, 0.25) is 5.91 Å². The Morgan fingerprint density at radius 3 is 2.50 bits per heavy atom. The standard InChI is InChI=1S/C12H13N3O4S/c13-10(16)7-1-3-8(4-2-7)14-12(19)15-6-20-5-9(15)11(17)18/h1-4,9H,5-6H2,(H2,13,16)(H,14,19)(H,17,18)/t9-/m0/s1.